The largest absolute Gasteiger partial charge is 0.406 e. The number of piperidine rings is 1. The molecule has 6 nitrogen and oxygen atoms in total. The van der Waals surface area contributed by atoms with Crippen molar-refractivity contribution >= 4 is 17.4 Å². The third-order valence-electron chi connectivity index (χ3n) is 7.80. The van der Waals surface area contributed by atoms with Crippen LogP contribution in [0.15, 0.2) is 30.5 Å². The Bertz CT molecular complexity index is 1310. The Hall–Kier alpha value is -2.72. The molecule has 0 amide bonds. The number of anilines is 1. The van der Waals surface area contributed by atoms with E-state index in [1.54, 1.807) is 25.1 Å². The van der Waals surface area contributed by atoms with Gasteiger partial charge in [0, 0.05) is 30.6 Å². The zero-order chi connectivity index (χ0) is 25.2. The second kappa shape index (κ2) is 8.41. The molecule has 2 aromatic heterocycles. The summed E-state index contributed by atoms with van der Waals surface area (Å²) in [6, 6.07) is 7.11. The van der Waals surface area contributed by atoms with Gasteiger partial charge in [-0.1, -0.05) is 11.6 Å². The Labute approximate surface area is 210 Å². The maximum absolute atomic E-state index is 14.0. The number of aromatic nitrogens is 4. The Balaban J connectivity index is 1.31. The molecular formula is C25H25ClF4N6. The van der Waals surface area contributed by atoms with Crippen LogP contribution < -0.4 is 4.90 Å². The van der Waals surface area contributed by atoms with Gasteiger partial charge in [-0.25, -0.2) is 9.37 Å². The average Bonchev–Trinajstić information content (AvgIpc) is 3.59. The molecule has 0 atom stereocenters. The molecule has 0 unspecified atom stereocenters. The molecule has 0 spiro atoms. The highest BCUT2D eigenvalue weighted by atomic mass is 35.5. The number of benzene rings is 1. The lowest BCUT2D eigenvalue weighted by Gasteiger charge is -2.32. The van der Waals surface area contributed by atoms with E-state index in [9.17, 15) is 17.6 Å². The minimum absolute atomic E-state index is 0.0659. The first kappa shape index (κ1) is 23.7. The zero-order valence-corrected chi connectivity index (χ0v) is 20.4. The number of pyridine rings is 1. The second-order valence-electron chi connectivity index (χ2n) is 10.0. The van der Waals surface area contributed by atoms with E-state index >= 15 is 0 Å². The lowest BCUT2D eigenvalue weighted by molar-refractivity contribution is -0.200. The van der Waals surface area contributed by atoms with Gasteiger partial charge < -0.3 is 4.90 Å². The monoisotopic (exact) mass is 520 g/mol. The molecule has 2 fully saturated rings. The van der Waals surface area contributed by atoms with Crippen LogP contribution in [0.1, 0.15) is 54.4 Å². The van der Waals surface area contributed by atoms with Gasteiger partial charge >= 0.3 is 6.18 Å². The summed E-state index contributed by atoms with van der Waals surface area (Å²) in [4.78, 5) is 7.85. The SMILES string of the molecule is Cc1cc(N2CCC(c3nnc4n3-c3ccc(Cl)cc3CN(C3(C(F)(F)F)CC3)C4)CC2)ncc1F. The van der Waals surface area contributed by atoms with Crippen LogP contribution in [0.3, 0.4) is 0 Å². The summed E-state index contributed by atoms with van der Waals surface area (Å²) in [7, 11) is 0. The van der Waals surface area contributed by atoms with E-state index in [2.05, 4.69) is 20.1 Å². The predicted molar refractivity (Wildman–Crippen MR) is 127 cm³/mol. The van der Waals surface area contributed by atoms with Gasteiger partial charge in [-0.15, -0.1) is 10.2 Å². The van der Waals surface area contributed by atoms with Gasteiger partial charge in [-0.3, -0.25) is 9.47 Å². The third-order valence-corrected chi connectivity index (χ3v) is 8.04. The minimum atomic E-state index is -4.32. The lowest BCUT2D eigenvalue weighted by Crippen LogP contribution is -2.47. The van der Waals surface area contributed by atoms with Crippen molar-refractivity contribution in [3.05, 3.63) is 64.1 Å². The molecule has 1 saturated heterocycles. The lowest BCUT2D eigenvalue weighted by atomic mass is 9.95. The normalized spacial score (nSPS) is 20.1. The highest BCUT2D eigenvalue weighted by molar-refractivity contribution is 6.30. The Morgan fingerprint density at radius 3 is 2.47 bits per heavy atom. The van der Waals surface area contributed by atoms with Crippen molar-refractivity contribution in [1.82, 2.24) is 24.6 Å². The molecule has 1 aromatic carbocycles. The summed E-state index contributed by atoms with van der Waals surface area (Å²) in [5.41, 5.74) is 0.255. The van der Waals surface area contributed by atoms with Crippen LogP contribution >= 0.6 is 11.6 Å². The molecule has 1 saturated carbocycles. The molecule has 3 aromatic rings. The van der Waals surface area contributed by atoms with Crippen LogP contribution in [0.5, 0.6) is 0 Å². The molecule has 0 bridgehead atoms. The smallest absolute Gasteiger partial charge is 0.357 e. The van der Waals surface area contributed by atoms with E-state index in [1.165, 1.54) is 11.1 Å². The van der Waals surface area contributed by atoms with Gasteiger partial charge in [-0.2, -0.15) is 13.2 Å². The topological polar surface area (TPSA) is 50.1 Å². The number of hydrogen-bond acceptors (Lipinski definition) is 5. The number of hydrogen-bond donors (Lipinski definition) is 0. The Morgan fingerprint density at radius 1 is 1.06 bits per heavy atom. The first-order chi connectivity index (χ1) is 17.2. The highest BCUT2D eigenvalue weighted by Gasteiger charge is 2.66. The molecule has 3 aliphatic rings. The summed E-state index contributed by atoms with van der Waals surface area (Å²) in [5.74, 6) is 1.77. The number of halogens is 5. The van der Waals surface area contributed by atoms with E-state index in [-0.39, 0.29) is 37.7 Å². The fraction of sp³-hybridized carbons (Fsp3) is 0.480. The van der Waals surface area contributed by atoms with Crippen molar-refractivity contribution in [1.29, 1.82) is 0 Å². The van der Waals surface area contributed by atoms with Crippen LogP contribution in [0.25, 0.3) is 5.69 Å². The van der Waals surface area contributed by atoms with Crippen LogP contribution in [-0.4, -0.2) is 49.5 Å². The summed E-state index contributed by atoms with van der Waals surface area (Å²) < 4.78 is 57.7. The predicted octanol–water partition coefficient (Wildman–Crippen LogP) is 5.56. The fourth-order valence-electron chi connectivity index (χ4n) is 5.55. The van der Waals surface area contributed by atoms with Crippen molar-refractivity contribution in [3.8, 4) is 5.69 Å². The van der Waals surface area contributed by atoms with Gasteiger partial charge in [-0.05, 0) is 68.0 Å². The molecule has 1 aliphatic carbocycles. The molecule has 2 aliphatic heterocycles. The van der Waals surface area contributed by atoms with E-state index in [4.69, 9.17) is 11.6 Å². The first-order valence-electron chi connectivity index (χ1n) is 12.1. The first-order valence-corrected chi connectivity index (χ1v) is 12.5. The molecule has 0 N–H and O–H groups in total. The molecule has 4 heterocycles. The summed E-state index contributed by atoms with van der Waals surface area (Å²) in [5, 5.41) is 9.37. The van der Waals surface area contributed by atoms with Gasteiger partial charge in [0.2, 0.25) is 0 Å². The van der Waals surface area contributed by atoms with E-state index in [0.29, 0.717) is 29.5 Å². The average molecular weight is 521 g/mol. The molecular weight excluding hydrogens is 496 g/mol. The van der Waals surface area contributed by atoms with Gasteiger partial charge in [0.1, 0.15) is 23.0 Å². The Morgan fingerprint density at radius 2 is 1.81 bits per heavy atom. The zero-order valence-electron chi connectivity index (χ0n) is 19.7. The van der Waals surface area contributed by atoms with Gasteiger partial charge in [0.25, 0.3) is 0 Å². The number of aryl methyl sites for hydroxylation is 1. The van der Waals surface area contributed by atoms with E-state index in [0.717, 1.165) is 35.7 Å². The molecule has 6 rings (SSSR count). The highest BCUT2D eigenvalue weighted by Crippen LogP contribution is 2.55. The summed E-state index contributed by atoms with van der Waals surface area (Å²) in [6.45, 7) is 3.35. The second-order valence-corrected chi connectivity index (χ2v) is 10.5. The van der Waals surface area contributed by atoms with Gasteiger partial charge in [0.15, 0.2) is 5.82 Å². The number of fused-ring (bicyclic) bond motifs is 3. The van der Waals surface area contributed by atoms with Crippen molar-refractivity contribution < 1.29 is 17.6 Å². The standard InChI is InChI=1S/C25H25ClF4N6/c1-15-10-21(31-12-19(15)27)34-8-4-16(5-9-34)23-33-32-22-14-35(24(6-7-24)25(28,29)30)13-17-11-18(26)2-3-20(17)36(22)23/h2-3,10-12,16H,4-9,13-14H2,1H3. The number of nitrogens with zero attached hydrogens (tertiary/aromatic N) is 6. The van der Waals surface area contributed by atoms with E-state index in [1.807, 2.05) is 10.6 Å². The third kappa shape index (κ3) is 3.85. The molecule has 0 radical (unpaired) electrons. The van der Waals surface area contributed by atoms with Crippen LogP contribution in [0.4, 0.5) is 23.4 Å². The molecule has 36 heavy (non-hydrogen) atoms. The van der Waals surface area contributed by atoms with E-state index < -0.39 is 11.7 Å². The van der Waals surface area contributed by atoms with Crippen LogP contribution in [-0.2, 0) is 13.1 Å². The quantitative estimate of drug-likeness (QED) is 0.423. The maximum atomic E-state index is 14.0. The van der Waals surface area contributed by atoms with Gasteiger partial charge in [0.05, 0.1) is 18.4 Å². The summed E-state index contributed by atoms with van der Waals surface area (Å²) in [6.07, 6.45) is -1.35. The van der Waals surface area contributed by atoms with Crippen molar-refractivity contribution in [2.24, 2.45) is 0 Å². The minimum Gasteiger partial charge on any atom is -0.357 e. The van der Waals surface area contributed by atoms with Crippen molar-refractivity contribution in [2.45, 2.75) is 63.3 Å². The summed E-state index contributed by atoms with van der Waals surface area (Å²) >= 11 is 6.27. The van der Waals surface area contributed by atoms with Crippen molar-refractivity contribution in [3.63, 3.8) is 0 Å². The van der Waals surface area contributed by atoms with Crippen molar-refractivity contribution in [2.75, 3.05) is 18.0 Å². The van der Waals surface area contributed by atoms with Crippen LogP contribution in [0, 0.1) is 12.7 Å². The number of alkyl halides is 3. The Kier molecular flexibility index (Phi) is 5.53. The fourth-order valence-corrected chi connectivity index (χ4v) is 5.75. The molecule has 11 heteroatoms. The maximum Gasteiger partial charge on any atom is 0.406 e. The van der Waals surface area contributed by atoms with Crippen LogP contribution in [0.2, 0.25) is 5.02 Å². The number of rotatable bonds is 3. The molecule has 190 valence electrons.